The largest absolute Gasteiger partial charge is 0.416 e. The second kappa shape index (κ2) is 5.38. The molecule has 1 unspecified atom stereocenters. The summed E-state index contributed by atoms with van der Waals surface area (Å²) in [5.74, 6) is -1.73. The second-order valence-electron chi connectivity index (χ2n) is 4.35. The molecule has 0 aliphatic rings. The fraction of sp³-hybridized carbons (Fsp3) is 0.364. The Morgan fingerprint density at radius 3 is 2.14 bits per heavy atom. The molecule has 1 amide bonds. The highest BCUT2D eigenvalue weighted by molar-refractivity contribution is 6.33. The van der Waals surface area contributed by atoms with Gasteiger partial charge in [0.25, 0.3) is 5.91 Å². The molecule has 0 aliphatic carbocycles. The van der Waals surface area contributed by atoms with Crippen LogP contribution in [0.2, 0.25) is 5.02 Å². The fourth-order valence-electron chi connectivity index (χ4n) is 1.18. The summed E-state index contributed by atoms with van der Waals surface area (Å²) in [7, 11) is 0. The van der Waals surface area contributed by atoms with Crippen molar-refractivity contribution in [2.75, 3.05) is 5.32 Å². The molecule has 0 radical (unpaired) electrons. The summed E-state index contributed by atoms with van der Waals surface area (Å²) >= 11 is 5.55. The Morgan fingerprint density at radius 2 is 1.71 bits per heavy atom. The number of anilines is 1. The number of alkyl halides is 6. The third-order valence-corrected chi connectivity index (χ3v) is 2.93. The van der Waals surface area contributed by atoms with Crippen LogP contribution in [0.3, 0.4) is 0 Å². The van der Waals surface area contributed by atoms with Gasteiger partial charge in [-0.05, 0) is 25.1 Å². The highest BCUT2D eigenvalue weighted by Crippen LogP contribution is 2.35. The van der Waals surface area contributed by atoms with Crippen LogP contribution < -0.4 is 11.1 Å². The fourth-order valence-corrected chi connectivity index (χ4v) is 1.34. The maximum Gasteiger partial charge on any atom is 0.416 e. The Kier molecular flexibility index (Phi) is 4.50. The van der Waals surface area contributed by atoms with Gasteiger partial charge in [-0.3, -0.25) is 4.79 Å². The van der Waals surface area contributed by atoms with Gasteiger partial charge < -0.3 is 11.1 Å². The molecule has 0 heterocycles. The molecule has 1 atom stereocenters. The molecule has 3 N–H and O–H groups in total. The molecule has 1 aromatic rings. The van der Waals surface area contributed by atoms with Crippen molar-refractivity contribution in [2.45, 2.75) is 24.8 Å². The van der Waals surface area contributed by atoms with Crippen LogP contribution in [0.5, 0.6) is 0 Å². The Labute approximate surface area is 120 Å². The predicted molar refractivity (Wildman–Crippen MR) is 63.7 cm³/mol. The summed E-state index contributed by atoms with van der Waals surface area (Å²) in [6, 6.07) is 1.86. The first-order valence-electron chi connectivity index (χ1n) is 5.30. The Hall–Kier alpha value is -1.48. The number of nitrogens with one attached hydrogen (secondary N) is 1. The molecular weight excluding hydrogens is 326 g/mol. The first-order valence-corrected chi connectivity index (χ1v) is 5.68. The van der Waals surface area contributed by atoms with E-state index in [0.717, 1.165) is 6.07 Å². The van der Waals surface area contributed by atoms with Gasteiger partial charge >= 0.3 is 12.4 Å². The lowest BCUT2D eigenvalue weighted by atomic mass is 10.0. The maximum absolute atomic E-state index is 12.6. The van der Waals surface area contributed by atoms with E-state index in [9.17, 15) is 31.1 Å². The van der Waals surface area contributed by atoms with E-state index in [1.54, 1.807) is 5.32 Å². The lowest BCUT2D eigenvalue weighted by Gasteiger charge is -2.26. The van der Waals surface area contributed by atoms with Crippen molar-refractivity contribution in [3.05, 3.63) is 28.8 Å². The van der Waals surface area contributed by atoms with Crippen molar-refractivity contribution in [1.29, 1.82) is 0 Å². The summed E-state index contributed by atoms with van der Waals surface area (Å²) in [5, 5.41) is 1.30. The van der Waals surface area contributed by atoms with Crippen LogP contribution >= 0.6 is 11.6 Å². The smallest absolute Gasteiger partial charge is 0.323 e. The number of carbonyl (C=O) groups excluding carboxylic acids is 1. The third-order valence-electron chi connectivity index (χ3n) is 2.60. The SMILES string of the molecule is CC(N)(C(=O)Nc1cc(C(F)(F)F)ccc1Cl)C(F)(F)F. The second-order valence-corrected chi connectivity index (χ2v) is 4.75. The predicted octanol–water partition coefficient (Wildman–Crippen LogP) is 3.58. The van der Waals surface area contributed by atoms with Crippen molar-refractivity contribution >= 4 is 23.2 Å². The van der Waals surface area contributed by atoms with Crippen LogP contribution in [-0.2, 0) is 11.0 Å². The highest BCUT2D eigenvalue weighted by Gasteiger charge is 2.54. The first kappa shape index (κ1) is 17.6. The van der Waals surface area contributed by atoms with E-state index in [1.807, 2.05) is 0 Å². The molecule has 0 fully saturated rings. The number of halogens is 7. The molecule has 0 aliphatic heterocycles. The van der Waals surface area contributed by atoms with Gasteiger partial charge in [0.15, 0.2) is 5.54 Å². The first-order chi connectivity index (χ1) is 9.26. The zero-order chi connectivity index (χ0) is 16.6. The van der Waals surface area contributed by atoms with Crippen LogP contribution in [0.1, 0.15) is 12.5 Å². The van der Waals surface area contributed by atoms with E-state index in [2.05, 4.69) is 0 Å². The minimum atomic E-state index is -5.08. The molecule has 118 valence electrons. The van der Waals surface area contributed by atoms with Gasteiger partial charge in [0.05, 0.1) is 16.3 Å². The molecule has 21 heavy (non-hydrogen) atoms. The van der Waals surface area contributed by atoms with E-state index in [1.165, 1.54) is 0 Å². The van der Waals surface area contributed by atoms with Crippen molar-refractivity contribution < 1.29 is 31.1 Å². The maximum atomic E-state index is 12.6. The third kappa shape index (κ3) is 3.79. The van der Waals surface area contributed by atoms with E-state index < -0.39 is 35.0 Å². The average molecular weight is 335 g/mol. The van der Waals surface area contributed by atoms with Gasteiger partial charge in [-0.25, -0.2) is 0 Å². The van der Waals surface area contributed by atoms with Gasteiger partial charge in [-0.2, -0.15) is 26.3 Å². The summed E-state index contributed by atoms with van der Waals surface area (Å²) in [4.78, 5) is 11.5. The minimum Gasteiger partial charge on any atom is -0.323 e. The summed E-state index contributed by atoms with van der Waals surface area (Å²) < 4.78 is 75.2. The van der Waals surface area contributed by atoms with Gasteiger partial charge in [-0.15, -0.1) is 0 Å². The quantitative estimate of drug-likeness (QED) is 0.812. The molecular formula is C11H9ClF6N2O. The summed E-state index contributed by atoms with van der Waals surface area (Å²) in [5.41, 5.74) is -0.203. The Balaban J connectivity index is 3.12. The van der Waals surface area contributed by atoms with Crippen LogP contribution in [0.25, 0.3) is 0 Å². The molecule has 0 saturated carbocycles. The highest BCUT2D eigenvalue weighted by atomic mass is 35.5. The molecule has 1 aromatic carbocycles. The number of hydrogen-bond donors (Lipinski definition) is 2. The number of benzene rings is 1. The number of amides is 1. The van der Waals surface area contributed by atoms with E-state index in [4.69, 9.17) is 17.3 Å². The van der Waals surface area contributed by atoms with E-state index >= 15 is 0 Å². The Morgan fingerprint density at radius 1 is 1.19 bits per heavy atom. The van der Waals surface area contributed by atoms with Crippen LogP contribution in [0.15, 0.2) is 18.2 Å². The molecule has 10 heteroatoms. The zero-order valence-corrected chi connectivity index (χ0v) is 11.1. The monoisotopic (exact) mass is 334 g/mol. The number of hydrogen-bond acceptors (Lipinski definition) is 2. The van der Waals surface area contributed by atoms with Crippen molar-refractivity contribution in [1.82, 2.24) is 0 Å². The van der Waals surface area contributed by atoms with Crippen molar-refractivity contribution in [3.63, 3.8) is 0 Å². The van der Waals surface area contributed by atoms with Gasteiger partial charge in [0.2, 0.25) is 0 Å². The van der Waals surface area contributed by atoms with Crippen LogP contribution in [0, 0.1) is 0 Å². The summed E-state index contributed by atoms with van der Waals surface area (Å²) in [6.45, 7) is 0.393. The average Bonchev–Trinajstić information content (AvgIpc) is 2.28. The van der Waals surface area contributed by atoms with E-state index in [-0.39, 0.29) is 5.02 Å². The molecule has 0 saturated heterocycles. The zero-order valence-electron chi connectivity index (χ0n) is 10.4. The molecule has 3 nitrogen and oxygen atoms in total. The van der Waals surface area contributed by atoms with Crippen LogP contribution in [-0.4, -0.2) is 17.6 Å². The van der Waals surface area contributed by atoms with Crippen molar-refractivity contribution in [3.8, 4) is 0 Å². The topological polar surface area (TPSA) is 55.1 Å². The van der Waals surface area contributed by atoms with Crippen molar-refractivity contribution in [2.24, 2.45) is 5.73 Å². The lowest BCUT2D eigenvalue weighted by Crippen LogP contribution is -2.59. The lowest BCUT2D eigenvalue weighted by molar-refractivity contribution is -0.184. The molecule has 0 aromatic heterocycles. The standard InChI is InChI=1S/C11H9ClF6N2O/c1-9(19,11(16,17)18)8(21)20-7-4-5(10(13,14)15)2-3-6(7)12/h2-4H,19H2,1H3,(H,20,21). The number of rotatable bonds is 2. The van der Waals surface area contributed by atoms with Gasteiger partial charge in [0.1, 0.15) is 0 Å². The number of nitrogens with two attached hydrogens (primary N) is 1. The summed E-state index contributed by atoms with van der Waals surface area (Å²) in [6.07, 6.45) is -9.81. The normalized spacial score (nSPS) is 15.5. The van der Waals surface area contributed by atoms with Crippen LogP contribution in [0.4, 0.5) is 32.0 Å². The Bertz CT molecular complexity index is 553. The van der Waals surface area contributed by atoms with E-state index in [0.29, 0.717) is 19.1 Å². The number of carbonyl (C=O) groups is 1. The minimum absolute atomic E-state index is 0.352. The molecule has 1 rings (SSSR count). The van der Waals surface area contributed by atoms with Gasteiger partial charge in [-0.1, -0.05) is 11.6 Å². The van der Waals surface area contributed by atoms with Gasteiger partial charge in [0, 0.05) is 0 Å². The molecule has 0 spiro atoms. The molecule has 0 bridgehead atoms.